The highest BCUT2D eigenvalue weighted by atomic mass is 19.4. The molecule has 226 valence electrons. The van der Waals surface area contributed by atoms with Crippen LogP contribution in [0.4, 0.5) is 23.7 Å². The van der Waals surface area contributed by atoms with Crippen molar-refractivity contribution in [1.29, 1.82) is 0 Å². The second kappa shape index (κ2) is 11.6. The molecule has 2 aromatic carbocycles. The Labute approximate surface area is 246 Å². The Balaban J connectivity index is 1.48. The summed E-state index contributed by atoms with van der Waals surface area (Å²) in [5, 5.41) is 7.21. The van der Waals surface area contributed by atoms with E-state index >= 15 is 0 Å². The Morgan fingerprint density at radius 2 is 1.70 bits per heavy atom. The summed E-state index contributed by atoms with van der Waals surface area (Å²) in [6.45, 7) is 6.21. The number of rotatable bonds is 5. The van der Waals surface area contributed by atoms with Gasteiger partial charge in [-0.2, -0.15) is 18.3 Å². The summed E-state index contributed by atoms with van der Waals surface area (Å²) in [5.74, 6) is -0.107. The third-order valence-electron chi connectivity index (χ3n) is 7.09. The lowest BCUT2D eigenvalue weighted by Crippen LogP contribution is -2.41. The van der Waals surface area contributed by atoms with Crippen molar-refractivity contribution >= 4 is 23.3 Å². The van der Waals surface area contributed by atoms with Crippen molar-refractivity contribution in [3.05, 3.63) is 77.6 Å². The summed E-state index contributed by atoms with van der Waals surface area (Å²) in [5.41, 5.74) is 1.12. The lowest BCUT2D eigenvalue weighted by molar-refractivity contribution is -0.137. The first-order valence-corrected chi connectivity index (χ1v) is 13.8. The fourth-order valence-electron chi connectivity index (χ4n) is 4.96. The molecule has 3 heterocycles. The Morgan fingerprint density at radius 3 is 2.33 bits per heavy atom. The van der Waals surface area contributed by atoms with Crippen molar-refractivity contribution < 1.29 is 32.2 Å². The van der Waals surface area contributed by atoms with E-state index in [-0.39, 0.29) is 17.2 Å². The number of likely N-dealkylation sites (tertiary alicyclic amines) is 1. The Hall–Kier alpha value is -4.61. The monoisotopic (exact) mass is 595 g/mol. The van der Waals surface area contributed by atoms with Crippen LogP contribution in [-0.2, 0) is 10.9 Å². The van der Waals surface area contributed by atoms with Gasteiger partial charge in [0, 0.05) is 42.5 Å². The van der Waals surface area contributed by atoms with Gasteiger partial charge >= 0.3 is 12.3 Å². The van der Waals surface area contributed by atoms with Crippen LogP contribution in [0.25, 0.3) is 16.9 Å². The van der Waals surface area contributed by atoms with Crippen LogP contribution in [0, 0.1) is 0 Å². The largest absolute Gasteiger partial charge is 0.497 e. The molecule has 5 rings (SSSR count). The van der Waals surface area contributed by atoms with Crippen LogP contribution < -0.4 is 10.1 Å². The van der Waals surface area contributed by atoms with Crippen molar-refractivity contribution in [2.75, 3.05) is 25.5 Å². The van der Waals surface area contributed by atoms with Gasteiger partial charge in [-0.15, -0.1) is 0 Å². The zero-order valence-electron chi connectivity index (χ0n) is 24.2. The number of carbonyl (C=O) groups excluding carboxylic acids is 2. The topological polar surface area (TPSA) is 98.1 Å². The third-order valence-corrected chi connectivity index (χ3v) is 7.09. The summed E-state index contributed by atoms with van der Waals surface area (Å²) in [6.07, 6.45) is -2.37. The number of nitrogens with zero attached hydrogens (tertiary/aromatic N) is 4. The summed E-state index contributed by atoms with van der Waals surface area (Å²) in [7, 11) is 1.58. The molecule has 4 aromatic rings. The van der Waals surface area contributed by atoms with E-state index in [1.165, 1.54) is 16.6 Å². The molecule has 1 aliphatic heterocycles. The van der Waals surface area contributed by atoms with Crippen LogP contribution in [-0.4, -0.2) is 57.3 Å². The van der Waals surface area contributed by atoms with Gasteiger partial charge in [0.25, 0.3) is 5.91 Å². The maximum absolute atomic E-state index is 13.6. The lowest BCUT2D eigenvalue weighted by Gasteiger charge is -2.33. The van der Waals surface area contributed by atoms with E-state index < -0.39 is 29.3 Å². The van der Waals surface area contributed by atoms with Gasteiger partial charge in [0.05, 0.1) is 29.6 Å². The normalized spacial score (nSPS) is 14.5. The van der Waals surface area contributed by atoms with E-state index in [0.717, 1.165) is 17.7 Å². The average molecular weight is 596 g/mol. The first-order chi connectivity index (χ1) is 20.3. The molecule has 2 amide bonds. The SMILES string of the molecule is COc1ccc(-c2cc3nc(C4CCN(C(=O)OC(C)(C)C)CC4)c(C(=O)Nc4cccc(C(F)(F)F)c4)cn3n2)cc1. The first kappa shape index (κ1) is 29.9. The summed E-state index contributed by atoms with van der Waals surface area (Å²) in [4.78, 5) is 32.7. The quantitative estimate of drug-likeness (QED) is 0.273. The fourth-order valence-corrected chi connectivity index (χ4v) is 4.96. The van der Waals surface area contributed by atoms with Gasteiger partial charge in [-0.25, -0.2) is 14.3 Å². The molecular formula is C31H32F3N5O4. The molecule has 0 spiro atoms. The number of hydrogen-bond acceptors (Lipinski definition) is 6. The molecule has 0 aliphatic carbocycles. The second-order valence-corrected chi connectivity index (χ2v) is 11.4. The van der Waals surface area contributed by atoms with Crippen molar-refractivity contribution in [3.8, 4) is 17.0 Å². The number of halogens is 3. The number of piperidine rings is 1. The average Bonchev–Trinajstić information content (AvgIpc) is 3.39. The highest BCUT2D eigenvalue weighted by Gasteiger charge is 2.32. The van der Waals surface area contributed by atoms with Gasteiger partial charge < -0.3 is 19.7 Å². The van der Waals surface area contributed by atoms with Crippen molar-refractivity contribution in [2.45, 2.75) is 51.3 Å². The molecular weight excluding hydrogens is 563 g/mol. The molecule has 1 fully saturated rings. The van der Waals surface area contributed by atoms with Crippen LogP contribution in [0.2, 0.25) is 0 Å². The van der Waals surface area contributed by atoms with E-state index in [1.54, 1.807) is 45.0 Å². The molecule has 12 heteroatoms. The zero-order valence-corrected chi connectivity index (χ0v) is 24.2. The Morgan fingerprint density at radius 1 is 1.00 bits per heavy atom. The van der Waals surface area contributed by atoms with Gasteiger partial charge in [0.15, 0.2) is 5.65 Å². The summed E-state index contributed by atoms with van der Waals surface area (Å²) < 4.78 is 52.1. The number of methoxy groups -OCH3 is 1. The smallest absolute Gasteiger partial charge is 0.416 e. The number of nitrogens with one attached hydrogen (secondary N) is 1. The maximum atomic E-state index is 13.6. The van der Waals surface area contributed by atoms with Crippen LogP contribution in [0.15, 0.2) is 60.8 Å². The lowest BCUT2D eigenvalue weighted by atomic mass is 9.90. The van der Waals surface area contributed by atoms with Gasteiger partial charge in [-0.05, 0) is 76.1 Å². The highest BCUT2D eigenvalue weighted by Crippen LogP contribution is 2.33. The minimum atomic E-state index is -4.55. The van der Waals surface area contributed by atoms with E-state index in [2.05, 4.69) is 10.4 Å². The van der Waals surface area contributed by atoms with Crippen LogP contribution in [0.5, 0.6) is 5.75 Å². The maximum Gasteiger partial charge on any atom is 0.416 e. The molecule has 2 aromatic heterocycles. The number of anilines is 1. The molecule has 0 bridgehead atoms. The number of hydrogen-bond donors (Lipinski definition) is 1. The minimum Gasteiger partial charge on any atom is -0.497 e. The Bertz CT molecular complexity index is 1640. The van der Waals surface area contributed by atoms with E-state index in [9.17, 15) is 22.8 Å². The molecule has 1 saturated heterocycles. The fraction of sp³-hybridized carbons (Fsp3) is 0.355. The standard InChI is InChI=1S/C31H32F3N5O4/c1-30(2,3)43-29(41)38-14-12-20(13-15-38)27-24(28(40)35-22-7-5-6-21(16-22)31(32,33)34)18-39-26(36-27)17-25(37-39)19-8-10-23(42-4)11-9-19/h5-11,16-18,20H,12-15H2,1-4H3,(H,35,40). The molecule has 0 atom stereocenters. The number of benzene rings is 2. The van der Waals surface area contributed by atoms with Crippen LogP contribution in [0.3, 0.4) is 0 Å². The van der Waals surface area contributed by atoms with Crippen LogP contribution in [0.1, 0.15) is 61.1 Å². The Kier molecular flexibility index (Phi) is 8.04. The van der Waals surface area contributed by atoms with Crippen molar-refractivity contribution in [2.24, 2.45) is 0 Å². The van der Waals surface area contributed by atoms with Gasteiger partial charge in [0.2, 0.25) is 0 Å². The molecule has 1 aliphatic rings. The van der Waals surface area contributed by atoms with Gasteiger partial charge in [-0.3, -0.25) is 4.79 Å². The van der Waals surface area contributed by atoms with Gasteiger partial charge in [0.1, 0.15) is 11.4 Å². The number of fused-ring (bicyclic) bond motifs is 1. The molecule has 9 nitrogen and oxygen atoms in total. The zero-order chi connectivity index (χ0) is 30.9. The van der Waals surface area contributed by atoms with Crippen molar-refractivity contribution in [1.82, 2.24) is 19.5 Å². The number of aromatic nitrogens is 3. The number of carbonyl (C=O) groups is 2. The van der Waals surface area contributed by atoms with Crippen LogP contribution >= 0.6 is 0 Å². The van der Waals surface area contributed by atoms with E-state index in [1.807, 2.05) is 24.3 Å². The summed E-state index contributed by atoms with van der Waals surface area (Å²) >= 11 is 0. The highest BCUT2D eigenvalue weighted by molar-refractivity contribution is 6.05. The minimum absolute atomic E-state index is 0.00463. The second-order valence-electron chi connectivity index (χ2n) is 11.4. The van der Waals surface area contributed by atoms with Gasteiger partial charge in [-0.1, -0.05) is 6.07 Å². The summed E-state index contributed by atoms with van der Waals surface area (Å²) in [6, 6.07) is 13.6. The number of ether oxygens (including phenoxy) is 2. The number of alkyl halides is 3. The molecule has 0 saturated carbocycles. The number of amides is 2. The molecule has 1 N–H and O–H groups in total. The van der Waals surface area contributed by atoms with E-state index in [0.29, 0.717) is 48.7 Å². The first-order valence-electron chi connectivity index (χ1n) is 13.8. The third kappa shape index (κ3) is 6.90. The van der Waals surface area contributed by atoms with E-state index in [4.69, 9.17) is 14.5 Å². The predicted octanol–water partition coefficient (Wildman–Crippen LogP) is 6.79. The predicted molar refractivity (Wildman–Crippen MR) is 154 cm³/mol. The van der Waals surface area contributed by atoms with Crippen molar-refractivity contribution in [3.63, 3.8) is 0 Å². The molecule has 43 heavy (non-hydrogen) atoms. The molecule has 0 radical (unpaired) electrons. The molecule has 0 unspecified atom stereocenters.